The number of halogens is 2. The average Bonchev–Trinajstić information content (AvgIpc) is 2.34. The quantitative estimate of drug-likeness (QED) is 0.879. The van der Waals surface area contributed by atoms with Crippen LogP contribution in [-0.2, 0) is 0 Å². The van der Waals surface area contributed by atoms with Crippen molar-refractivity contribution in [1.82, 2.24) is 10.2 Å². The number of benzene rings is 1. The SMILES string of the molecule is Cc1ccc(Br)cc1Nc1nnc(Cl)c(C)c1C. The second-order valence-corrected chi connectivity index (χ2v) is 5.45. The highest BCUT2D eigenvalue weighted by Crippen LogP contribution is 2.27. The van der Waals surface area contributed by atoms with E-state index in [1.807, 2.05) is 39.0 Å². The second-order valence-electron chi connectivity index (χ2n) is 4.17. The molecule has 18 heavy (non-hydrogen) atoms. The molecule has 0 aliphatic carbocycles. The van der Waals surface area contributed by atoms with E-state index in [0.717, 1.165) is 32.7 Å². The molecule has 0 unspecified atom stereocenters. The Morgan fingerprint density at radius 2 is 1.83 bits per heavy atom. The molecule has 0 spiro atoms. The molecule has 0 fully saturated rings. The number of hydrogen-bond donors (Lipinski definition) is 1. The molecule has 2 aromatic rings. The van der Waals surface area contributed by atoms with Crippen molar-refractivity contribution < 1.29 is 0 Å². The molecular weight excluding hydrogens is 314 g/mol. The van der Waals surface area contributed by atoms with Crippen molar-refractivity contribution in [2.24, 2.45) is 0 Å². The van der Waals surface area contributed by atoms with Gasteiger partial charge in [-0.2, -0.15) is 0 Å². The molecule has 0 aliphatic heterocycles. The average molecular weight is 327 g/mol. The summed E-state index contributed by atoms with van der Waals surface area (Å²) in [5.41, 5.74) is 4.10. The third-order valence-corrected chi connectivity index (χ3v) is 3.77. The van der Waals surface area contributed by atoms with Gasteiger partial charge in [-0.15, -0.1) is 10.2 Å². The topological polar surface area (TPSA) is 37.8 Å². The highest BCUT2D eigenvalue weighted by atomic mass is 79.9. The van der Waals surface area contributed by atoms with Crippen LogP contribution in [0, 0.1) is 20.8 Å². The molecule has 0 bridgehead atoms. The maximum absolute atomic E-state index is 5.94. The Bertz CT molecular complexity index is 599. The Balaban J connectivity index is 2.40. The van der Waals surface area contributed by atoms with Crippen molar-refractivity contribution in [3.63, 3.8) is 0 Å². The molecular formula is C13H13BrClN3. The number of aryl methyl sites for hydroxylation is 1. The Kier molecular flexibility index (Phi) is 3.88. The summed E-state index contributed by atoms with van der Waals surface area (Å²) >= 11 is 9.39. The third-order valence-electron chi connectivity index (χ3n) is 2.92. The molecule has 0 aliphatic rings. The Morgan fingerprint density at radius 3 is 2.56 bits per heavy atom. The van der Waals surface area contributed by atoms with E-state index in [2.05, 4.69) is 31.4 Å². The van der Waals surface area contributed by atoms with Gasteiger partial charge in [-0.1, -0.05) is 33.6 Å². The van der Waals surface area contributed by atoms with Crippen molar-refractivity contribution in [3.05, 3.63) is 44.5 Å². The number of anilines is 2. The molecule has 2 rings (SSSR count). The van der Waals surface area contributed by atoms with Gasteiger partial charge in [-0.05, 0) is 49.6 Å². The summed E-state index contributed by atoms with van der Waals surface area (Å²) in [4.78, 5) is 0. The maximum atomic E-state index is 5.94. The van der Waals surface area contributed by atoms with Gasteiger partial charge in [0, 0.05) is 10.2 Å². The first-order valence-electron chi connectivity index (χ1n) is 5.51. The molecule has 3 nitrogen and oxygen atoms in total. The van der Waals surface area contributed by atoms with E-state index in [0.29, 0.717) is 5.15 Å². The first-order chi connectivity index (χ1) is 8.49. The van der Waals surface area contributed by atoms with Gasteiger partial charge >= 0.3 is 0 Å². The van der Waals surface area contributed by atoms with Crippen LogP contribution in [0.3, 0.4) is 0 Å². The van der Waals surface area contributed by atoms with Crippen LogP contribution < -0.4 is 5.32 Å². The lowest BCUT2D eigenvalue weighted by molar-refractivity contribution is 1.00. The number of aromatic nitrogens is 2. The molecule has 0 saturated heterocycles. The smallest absolute Gasteiger partial charge is 0.156 e. The zero-order valence-corrected chi connectivity index (χ0v) is 12.7. The maximum Gasteiger partial charge on any atom is 0.156 e. The summed E-state index contributed by atoms with van der Waals surface area (Å²) in [5.74, 6) is 0.734. The highest BCUT2D eigenvalue weighted by Gasteiger charge is 2.09. The van der Waals surface area contributed by atoms with E-state index in [4.69, 9.17) is 11.6 Å². The molecule has 0 radical (unpaired) electrons. The van der Waals surface area contributed by atoms with Crippen LogP contribution in [0.5, 0.6) is 0 Å². The summed E-state index contributed by atoms with van der Waals surface area (Å²) in [7, 11) is 0. The van der Waals surface area contributed by atoms with Crippen molar-refractivity contribution in [2.75, 3.05) is 5.32 Å². The largest absolute Gasteiger partial charge is 0.338 e. The summed E-state index contributed by atoms with van der Waals surface area (Å²) in [6.07, 6.45) is 0. The predicted octanol–water partition coefficient (Wildman–Crippen LogP) is 4.56. The number of nitrogens with zero attached hydrogens (tertiary/aromatic N) is 2. The summed E-state index contributed by atoms with van der Waals surface area (Å²) in [6, 6.07) is 6.06. The normalized spacial score (nSPS) is 10.5. The van der Waals surface area contributed by atoms with Gasteiger partial charge in [0.1, 0.15) is 0 Å². The minimum absolute atomic E-state index is 0.448. The highest BCUT2D eigenvalue weighted by molar-refractivity contribution is 9.10. The van der Waals surface area contributed by atoms with Crippen LogP contribution in [-0.4, -0.2) is 10.2 Å². The Morgan fingerprint density at radius 1 is 1.11 bits per heavy atom. The van der Waals surface area contributed by atoms with Crippen LogP contribution in [0.2, 0.25) is 5.15 Å². The van der Waals surface area contributed by atoms with E-state index in [1.165, 1.54) is 0 Å². The van der Waals surface area contributed by atoms with Gasteiger partial charge in [-0.3, -0.25) is 0 Å². The molecule has 0 saturated carbocycles. The first-order valence-corrected chi connectivity index (χ1v) is 6.68. The molecule has 1 N–H and O–H groups in total. The van der Waals surface area contributed by atoms with Crippen LogP contribution in [0.1, 0.15) is 16.7 Å². The zero-order chi connectivity index (χ0) is 13.3. The fourth-order valence-corrected chi connectivity index (χ4v) is 2.09. The van der Waals surface area contributed by atoms with Crippen molar-refractivity contribution in [3.8, 4) is 0 Å². The van der Waals surface area contributed by atoms with Crippen LogP contribution in [0.4, 0.5) is 11.5 Å². The van der Waals surface area contributed by atoms with Gasteiger partial charge in [0.05, 0.1) is 0 Å². The lowest BCUT2D eigenvalue weighted by Crippen LogP contribution is -2.02. The van der Waals surface area contributed by atoms with Gasteiger partial charge in [0.15, 0.2) is 11.0 Å². The zero-order valence-electron chi connectivity index (χ0n) is 10.4. The third kappa shape index (κ3) is 2.65. The predicted molar refractivity (Wildman–Crippen MR) is 78.7 cm³/mol. The lowest BCUT2D eigenvalue weighted by atomic mass is 10.1. The molecule has 1 aromatic heterocycles. The van der Waals surface area contributed by atoms with Gasteiger partial charge in [0.25, 0.3) is 0 Å². The van der Waals surface area contributed by atoms with Gasteiger partial charge in [-0.25, -0.2) is 0 Å². The fourth-order valence-electron chi connectivity index (χ4n) is 1.55. The van der Waals surface area contributed by atoms with E-state index in [1.54, 1.807) is 0 Å². The van der Waals surface area contributed by atoms with Crippen molar-refractivity contribution in [2.45, 2.75) is 20.8 Å². The van der Waals surface area contributed by atoms with Crippen LogP contribution >= 0.6 is 27.5 Å². The molecule has 0 atom stereocenters. The molecule has 1 heterocycles. The molecule has 5 heteroatoms. The first kappa shape index (κ1) is 13.3. The molecule has 0 amide bonds. The minimum atomic E-state index is 0.448. The van der Waals surface area contributed by atoms with E-state index >= 15 is 0 Å². The Labute approximate surface area is 120 Å². The molecule has 94 valence electrons. The fraction of sp³-hybridized carbons (Fsp3) is 0.231. The summed E-state index contributed by atoms with van der Waals surface area (Å²) < 4.78 is 1.02. The Hall–Kier alpha value is -1.13. The standard InChI is InChI=1S/C13H13BrClN3/c1-7-4-5-10(14)6-11(7)16-13-9(3)8(2)12(15)17-18-13/h4-6H,1-3H3,(H,16,18). The lowest BCUT2D eigenvalue weighted by Gasteiger charge is -2.12. The minimum Gasteiger partial charge on any atom is -0.338 e. The van der Waals surface area contributed by atoms with Gasteiger partial charge < -0.3 is 5.32 Å². The monoisotopic (exact) mass is 325 g/mol. The van der Waals surface area contributed by atoms with Gasteiger partial charge in [0.2, 0.25) is 0 Å². The van der Waals surface area contributed by atoms with Crippen molar-refractivity contribution >= 4 is 39.0 Å². The van der Waals surface area contributed by atoms with Crippen molar-refractivity contribution in [1.29, 1.82) is 0 Å². The van der Waals surface area contributed by atoms with E-state index < -0.39 is 0 Å². The number of rotatable bonds is 2. The van der Waals surface area contributed by atoms with Crippen LogP contribution in [0.25, 0.3) is 0 Å². The summed E-state index contributed by atoms with van der Waals surface area (Å²) in [5, 5.41) is 11.8. The molecule has 1 aromatic carbocycles. The van der Waals surface area contributed by atoms with Crippen LogP contribution in [0.15, 0.2) is 22.7 Å². The summed E-state index contributed by atoms with van der Waals surface area (Å²) in [6.45, 7) is 5.96. The van der Waals surface area contributed by atoms with E-state index in [-0.39, 0.29) is 0 Å². The number of nitrogens with one attached hydrogen (secondary N) is 1. The number of hydrogen-bond acceptors (Lipinski definition) is 3. The van der Waals surface area contributed by atoms with E-state index in [9.17, 15) is 0 Å². The second kappa shape index (κ2) is 5.24.